The van der Waals surface area contributed by atoms with Crippen LogP contribution in [-0.2, 0) is 23.5 Å². The minimum atomic E-state index is -3.53. The molecule has 1 fully saturated rings. The van der Waals surface area contributed by atoms with Gasteiger partial charge < -0.3 is 4.90 Å². The Labute approximate surface area is 200 Å². The third kappa shape index (κ3) is 5.28. The first kappa shape index (κ1) is 23.9. The van der Waals surface area contributed by atoms with Crippen molar-refractivity contribution in [3.05, 3.63) is 60.6 Å². The zero-order valence-electron chi connectivity index (χ0n) is 19.5. The van der Waals surface area contributed by atoms with Gasteiger partial charge in [-0.05, 0) is 17.7 Å². The van der Waals surface area contributed by atoms with Gasteiger partial charge in [0.1, 0.15) is 4.90 Å². The van der Waals surface area contributed by atoms with Crippen LogP contribution < -0.4 is 4.90 Å². The molecule has 1 aliphatic heterocycles. The van der Waals surface area contributed by atoms with Gasteiger partial charge in [-0.1, -0.05) is 24.3 Å². The number of hydrogen-bond donors (Lipinski definition) is 0. The normalized spacial score (nSPS) is 14.9. The van der Waals surface area contributed by atoms with E-state index in [0.717, 1.165) is 48.7 Å². The van der Waals surface area contributed by atoms with Crippen LogP contribution in [0.15, 0.2) is 59.9 Å². The van der Waals surface area contributed by atoms with Crippen LogP contribution in [0.3, 0.4) is 0 Å². The molecule has 0 amide bonds. The van der Waals surface area contributed by atoms with Crippen molar-refractivity contribution >= 4 is 15.7 Å². The Kier molecular flexibility index (Phi) is 7.26. The Bertz CT molecular complexity index is 1260. The number of anilines is 1. The molecule has 2 aromatic heterocycles. The van der Waals surface area contributed by atoms with Gasteiger partial charge in [-0.3, -0.25) is 14.6 Å². The standard InChI is InChI=1S/C24H29N7O2S/c1-28-19-22(18-27-28)34(32,33)29(2)12-13-30-14-16-31(17-15-30)23-4-3-11-26-24(23)21-7-5-20(6-8-21)9-10-25/h3-8,11,18-19H,9,12-17H2,1-2H3. The Balaban J connectivity index is 1.36. The van der Waals surface area contributed by atoms with Crippen LogP contribution in [-0.4, -0.2) is 78.7 Å². The van der Waals surface area contributed by atoms with E-state index in [4.69, 9.17) is 5.26 Å². The summed E-state index contributed by atoms with van der Waals surface area (Å²) in [5.41, 5.74) is 4.04. The van der Waals surface area contributed by atoms with Crippen molar-refractivity contribution in [3.8, 4) is 17.3 Å². The Hall–Kier alpha value is -3.26. The lowest BCUT2D eigenvalue weighted by Gasteiger charge is -2.37. The van der Waals surface area contributed by atoms with E-state index in [9.17, 15) is 8.42 Å². The van der Waals surface area contributed by atoms with E-state index < -0.39 is 10.0 Å². The molecule has 178 valence electrons. The minimum Gasteiger partial charge on any atom is -0.367 e. The molecule has 0 aliphatic carbocycles. The van der Waals surface area contributed by atoms with Gasteiger partial charge in [0.25, 0.3) is 0 Å². The highest BCUT2D eigenvalue weighted by Gasteiger charge is 2.24. The molecule has 9 nitrogen and oxygen atoms in total. The summed E-state index contributed by atoms with van der Waals surface area (Å²) in [5, 5.41) is 12.9. The number of pyridine rings is 1. The van der Waals surface area contributed by atoms with Crippen LogP contribution in [0.1, 0.15) is 5.56 Å². The molecule has 34 heavy (non-hydrogen) atoms. The summed E-state index contributed by atoms with van der Waals surface area (Å²) in [4.78, 5) is 9.47. The van der Waals surface area contributed by atoms with E-state index in [1.807, 2.05) is 30.3 Å². The maximum absolute atomic E-state index is 12.7. The SMILES string of the molecule is CN(CCN1CCN(c2cccnc2-c2ccc(CC#N)cc2)CC1)S(=O)(=O)c1cnn(C)c1. The van der Waals surface area contributed by atoms with E-state index in [-0.39, 0.29) is 4.90 Å². The number of hydrogen-bond acceptors (Lipinski definition) is 7. The first-order valence-electron chi connectivity index (χ1n) is 11.2. The summed E-state index contributed by atoms with van der Waals surface area (Å²) in [5.74, 6) is 0. The second kappa shape index (κ2) is 10.3. The molecule has 0 atom stereocenters. The van der Waals surface area contributed by atoms with Gasteiger partial charge in [0.05, 0.1) is 30.1 Å². The summed E-state index contributed by atoms with van der Waals surface area (Å²) in [6, 6.07) is 14.2. The number of likely N-dealkylation sites (N-methyl/N-ethyl adjacent to an activating group) is 1. The number of aryl methyl sites for hydroxylation is 1. The molecule has 0 unspecified atom stereocenters. The quantitative estimate of drug-likeness (QED) is 0.487. The molecule has 1 aliphatic rings. The average molecular weight is 480 g/mol. The van der Waals surface area contributed by atoms with Crippen molar-refractivity contribution in [2.45, 2.75) is 11.3 Å². The smallest absolute Gasteiger partial charge is 0.245 e. The van der Waals surface area contributed by atoms with Crippen LogP contribution >= 0.6 is 0 Å². The van der Waals surface area contributed by atoms with E-state index >= 15 is 0 Å². The summed E-state index contributed by atoms with van der Waals surface area (Å²) < 4.78 is 28.3. The maximum atomic E-state index is 12.7. The van der Waals surface area contributed by atoms with Crippen LogP contribution in [0.5, 0.6) is 0 Å². The van der Waals surface area contributed by atoms with Crippen molar-refractivity contribution in [3.63, 3.8) is 0 Å². The molecule has 1 aromatic carbocycles. The number of nitrogens with zero attached hydrogens (tertiary/aromatic N) is 7. The summed E-state index contributed by atoms with van der Waals surface area (Å²) >= 11 is 0. The predicted molar refractivity (Wildman–Crippen MR) is 131 cm³/mol. The predicted octanol–water partition coefficient (Wildman–Crippen LogP) is 1.99. The second-order valence-electron chi connectivity index (χ2n) is 8.41. The molecule has 10 heteroatoms. The monoisotopic (exact) mass is 479 g/mol. The molecule has 0 N–H and O–H groups in total. The molecule has 4 rings (SSSR count). The van der Waals surface area contributed by atoms with Gasteiger partial charge in [-0.2, -0.15) is 14.7 Å². The third-order valence-corrected chi connectivity index (χ3v) is 7.94. The van der Waals surface area contributed by atoms with Crippen molar-refractivity contribution in [1.82, 2.24) is 24.0 Å². The second-order valence-corrected chi connectivity index (χ2v) is 10.5. The molecular formula is C24H29N7O2S. The Morgan fingerprint density at radius 3 is 2.50 bits per heavy atom. The van der Waals surface area contributed by atoms with Crippen LogP contribution in [0.2, 0.25) is 0 Å². The van der Waals surface area contributed by atoms with E-state index in [1.165, 1.54) is 21.4 Å². The van der Waals surface area contributed by atoms with Crippen molar-refractivity contribution in [2.24, 2.45) is 7.05 Å². The Morgan fingerprint density at radius 2 is 1.85 bits per heavy atom. The highest BCUT2D eigenvalue weighted by atomic mass is 32.2. The third-order valence-electron chi connectivity index (χ3n) is 6.13. The van der Waals surface area contributed by atoms with Gasteiger partial charge in [0, 0.05) is 71.3 Å². The van der Waals surface area contributed by atoms with E-state index in [1.54, 1.807) is 20.3 Å². The van der Waals surface area contributed by atoms with Crippen LogP contribution in [0.4, 0.5) is 5.69 Å². The van der Waals surface area contributed by atoms with Gasteiger partial charge in [0.2, 0.25) is 10.0 Å². The largest absolute Gasteiger partial charge is 0.367 e. The van der Waals surface area contributed by atoms with Gasteiger partial charge in [-0.15, -0.1) is 0 Å². The highest BCUT2D eigenvalue weighted by molar-refractivity contribution is 7.89. The summed E-state index contributed by atoms with van der Waals surface area (Å²) in [6.45, 7) is 4.45. The molecule has 0 bridgehead atoms. The molecule has 3 heterocycles. The van der Waals surface area contributed by atoms with Crippen LogP contribution in [0, 0.1) is 11.3 Å². The molecule has 3 aromatic rings. The molecule has 0 radical (unpaired) electrons. The van der Waals surface area contributed by atoms with Crippen molar-refractivity contribution < 1.29 is 8.42 Å². The number of sulfonamides is 1. The fraction of sp³-hybridized carbons (Fsp3) is 0.375. The maximum Gasteiger partial charge on any atom is 0.245 e. The molecule has 0 spiro atoms. The first-order valence-corrected chi connectivity index (χ1v) is 12.7. The number of nitriles is 1. The zero-order chi connectivity index (χ0) is 24.1. The number of aromatic nitrogens is 3. The molecule has 0 saturated carbocycles. The van der Waals surface area contributed by atoms with Crippen LogP contribution in [0.25, 0.3) is 11.3 Å². The molecular weight excluding hydrogens is 450 g/mol. The van der Waals surface area contributed by atoms with Gasteiger partial charge in [-0.25, -0.2) is 8.42 Å². The number of benzene rings is 1. The average Bonchev–Trinajstić information content (AvgIpc) is 3.31. The lowest BCUT2D eigenvalue weighted by atomic mass is 10.0. The minimum absolute atomic E-state index is 0.215. The fourth-order valence-electron chi connectivity index (χ4n) is 4.07. The Morgan fingerprint density at radius 1 is 1.12 bits per heavy atom. The zero-order valence-corrected chi connectivity index (χ0v) is 20.3. The molecule has 1 saturated heterocycles. The lowest BCUT2D eigenvalue weighted by Crippen LogP contribution is -2.48. The topological polar surface area (TPSA) is 98.4 Å². The van der Waals surface area contributed by atoms with Gasteiger partial charge in [0.15, 0.2) is 0 Å². The van der Waals surface area contributed by atoms with Crippen molar-refractivity contribution in [1.29, 1.82) is 5.26 Å². The van der Waals surface area contributed by atoms with E-state index in [0.29, 0.717) is 19.5 Å². The number of rotatable bonds is 8. The van der Waals surface area contributed by atoms with E-state index in [2.05, 4.69) is 32.0 Å². The summed E-state index contributed by atoms with van der Waals surface area (Å²) in [6.07, 6.45) is 5.10. The lowest BCUT2D eigenvalue weighted by molar-refractivity contribution is 0.244. The number of piperazine rings is 1. The summed E-state index contributed by atoms with van der Waals surface area (Å²) in [7, 11) is -0.211. The van der Waals surface area contributed by atoms with Gasteiger partial charge >= 0.3 is 0 Å². The highest BCUT2D eigenvalue weighted by Crippen LogP contribution is 2.29. The first-order chi connectivity index (χ1) is 16.4. The fourth-order valence-corrected chi connectivity index (χ4v) is 5.22. The van der Waals surface area contributed by atoms with Crippen molar-refractivity contribution in [2.75, 3.05) is 51.2 Å².